The minimum atomic E-state index is -0.543. The van der Waals surface area contributed by atoms with Gasteiger partial charge in [0.25, 0.3) is 5.91 Å². The van der Waals surface area contributed by atoms with Crippen molar-refractivity contribution in [1.29, 1.82) is 0 Å². The Kier molecular flexibility index (Phi) is 6.20. The molecule has 3 amide bonds. The Morgan fingerprint density at radius 3 is 2.40 bits per heavy atom. The summed E-state index contributed by atoms with van der Waals surface area (Å²) in [4.78, 5) is 33.9. The van der Waals surface area contributed by atoms with E-state index in [0.717, 1.165) is 0 Å². The number of benzene rings is 1. The van der Waals surface area contributed by atoms with E-state index in [1.165, 1.54) is 0 Å². The molecule has 0 unspecified atom stereocenters. The molecule has 1 N–H and O–H groups in total. The van der Waals surface area contributed by atoms with E-state index in [1.54, 1.807) is 29.2 Å². The summed E-state index contributed by atoms with van der Waals surface area (Å²) in [5, 5.41) is 10.8. The lowest BCUT2D eigenvalue weighted by Crippen LogP contribution is -2.73. The number of carbonyl (C=O) groups excluding carboxylic acids is 2. The molecule has 0 bridgehead atoms. The zero-order chi connectivity index (χ0) is 21.3. The van der Waals surface area contributed by atoms with Gasteiger partial charge < -0.3 is 24.5 Å². The van der Waals surface area contributed by atoms with E-state index < -0.39 is 5.54 Å². The quantitative estimate of drug-likeness (QED) is 0.748. The highest BCUT2D eigenvalue weighted by Crippen LogP contribution is 2.29. The summed E-state index contributed by atoms with van der Waals surface area (Å²) in [6.07, 6.45) is 0. The predicted molar refractivity (Wildman–Crippen MR) is 113 cm³/mol. The number of nitrogens with zero attached hydrogens (tertiary/aromatic N) is 4. The van der Waals surface area contributed by atoms with Crippen molar-refractivity contribution in [3.63, 3.8) is 0 Å². The second kappa shape index (κ2) is 8.70. The molecular weight excluding hydrogens is 408 g/mol. The van der Waals surface area contributed by atoms with E-state index >= 15 is 0 Å². The highest BCUT2D eigenvalue weighted by molar-refractivity contribution is 6.30. The Hall–Kier alpha value is -1.87. The average molecular weight is 437 g/mol. The maximum atomic E-state index is 13.1. The highest BCUT2D eigenvalue weighted by atomic mass is 35.5. The number of hydrogen-bond donors (Lipinski definition) is 1. The molecule has 3 aliphatic rings. The zero-order valence-corrected chi connectivity index (χ0v) is 18.1. The summed E-state index contributed by atoms with van der Waals surface area (Å²) in [5.74, 6) is -0.0809. The van der Waals surface area contributed by atoms with E-state index in [9.17, 15) is 14.7 Å². The molecule has 0 saturated carbocycles. The third-order valence-corrected chi connectivity index (χ3v) is 6.66. The Morgan fingerprint density at radius 1 is 1.07 bits per heavy atom. The molecule has 2 atom stereocenters. The fraction of sp³-hybridized carbons (Fsp3) is 0.619. The number of urea groups is 1. The van der Waals surface area contributed by atoms with Crippen molar-refractivity contribution >= 4 is 23.5 Å². The molecule has 3 aliphatic heterocycles. The van der Waals surface area contributed by atoms with Crippen LogP contribution in [0.15, 0.2) is 24.3 Å². The lowest BCUT2D eigenvalue weighted by atomic mass is 9.91. The van der Waals surface area contributed by atoms with E-state index in [1.807, 2.05) is 16.7 Å². The first-order chi connectivity index (χ1) is 14.4. The van der Waals surface area contributed by atoms with Crippen molar-refractivity contribution in [2.24, 2.45) is 0 Å². The maximum Gasteiger partial charge on any atom is 0.320 e. The van der Waals surface area contributed by atoms with Crippen LogP contribution in [0.3, 0.4) is 0 Å². The second-order valence-corrected chi connectivity index (χ2v) is 8.96. The summed E-state index contributed by atoms with van der Waals surface area (Å²) in [6, 6.07) is 6.88. The number of carbonyl (C=O) groups is 2. The number of rotatable bonds is 2. The summed E-state index contributed by atoms with van der Waals surface area (Å²) >= 11 is 5.96. The van der Waals surface area contributed by atoms with E-state index in [4.69, 9.17) is 16.3 Å². The summed E-state index contributed by atoms with van der Waals surface area (Å²) in [5.41, 5.74) is 0.0317. The molecule has 1 aromatic carbocycles. The number of piperazine rings is 2. The molecule has 0 radical (unpaired) electrons. The number of halogens is 1. The highest BCUT2D eigenvalue weighted by Gasteiger charge is 2.47. The van der Waals surface area contributed by atoms with Crippen molar-refractivity contribution < 1.29 is 19.4 Å². The SMILES string of the molecule is C[C@@]1(CO)CN(C(=O)c2ccc(Cl)cc2)C[C@@H]2CN(C(=O)N3CCOCC3)CCN21. The number of aliphatic hydroxyl groups excluding tert-OH is 1. The van der Waals surface area contributed by atoms with Gasteiger partial charge in [-0.3, -0.25) is 9.69 Å². The molecule has 8 nitrogen and oxygen atoms in total. The van der Waals surface area contributed by atoms with Crippen LogP contribution in [0.5, 0.6) is 0 Å². The lowest BCUT2D eigenvalue weighted by Gasteiger charge is -2.56. The van der Waals surface area contributed by atoms with E-state index in [-0.39, 0.29) is 24.6 Å². The van der Waals surface area contributed by atoms with Gasteiger partial charge in [0.15, 0.2) is 0 Å². The van der Waals surface area contributed by atoms with E-state index in [2.05, 4.69) is 4.90 Å². The van der Waals surface area contributed by atoms with Crippen LogP contribution in [-0.4, -0.2) is 114 Å². The molecular formula is C21H29ClN4O4. The standard InChI is InChI=1S/C21H29ClN4O4/c1-21(15-27)14-25(19(28)16-2-4-17(22)5-3-16)13-18-12-24(6-7-26(18)21)20(29)23-8-10-30-11-9-23/h2-5,18,27H,6-15H2,1H3/t18-,21-/m0/s1. The zero-order valence-electron chi connectivity index (χ0n) is 17.3. The molecule has 30 heavy (non-hydrogen) atoms. The topological polar surface area (TPSA) is 76.6 Å². The van der Waals surface area contributed by atoms with Gasteiger partial charge in [0.1, 0.15) is 0 Å². The predicted octanol–water partition coefficient (Wildman–Crippen LogP) is 0.985. The van der Waals surface area contributed by atoms with Crippen LogP contribution in [0, 0.1) is 0 Å². The van der Waals surface area contributed by atoms with Crippen molar-refractivity contribution in [2.75, 3.05) is 65.6 Å². The smallest absolute Gasteiger partial charge is 0.320 e. The first-order valence-electron chi connectivity index (χ1n) is 10.5. The van der Waals surface area contributed by atoms with Crippen molar-refractivity contribution in [2.45, 2.75) is 18.5 Å². The first kappa shape index (κ1) is 21.4. The first-order valence-corrected chi connectivity index (χ1v) is 10.8. The van der Waals surface area contributed by atoms with Gasteiger partial charge in [-0.2, -0.15) is 0 Å². The largest absolute Gasteiger partial charge is 0.394 e. The van der Waals surface area contributed by atoms with Gasteiger partial charge in [0, 0.05) is 62.4 Å². The van der Waals surface area contributed by atoms with Gasteiger partial charge in [-0.25, -0.2) is 4.79 Å². The van der Waals surface area contributed by atoms with Crippen LogP contribution >= 0.6 is 11.6 Å². The molecule has 3 heterocycles. The minimum Gasteiger partial charge on any atom is -0.394 e. The Balaban J connectivity index is 1.50. The monoisotopic (exact) mass is 436 g/mol. The maximum absolute atomic E-state index is 13.1. The fourth-order valence-corrected chi connectivity index (χ4v) is 4.87. The molecule has 9 heteroatoms. The molecule has 4 rings (SSSR count). The molecule has 164 valence electrons. The van der Waals surface area contributed by atoms with Crippen LogP contribution < -0.4 is 0 Å². The summed E-state index contributed by atoms with van der Waals surface area (Å²) in [6.45, 7) is 7.10. The van der Waals surface area contributed by atoms with Gasteiger partial charge in [0.05, 0.1) is 25.4 Å². The number of ether oxygens (including phenoxy) is 1. The summed E-state index contributed by atoms with van der Waals surface area (Å²) < 4.78 is 5.35. The average Bonchev–Trinajstić information content (AvgIpc) is 2.78. The second-order valence-electron chi connectivity index (χ2n) is 8.52. The number of amides is 3. The molecule has 0 aliphatic carbocycles. The Bertz CT molecular complexity index is 786. The van der Waals surface area contributed by atoms with Crippen LogP contribution in [0.25, 0.3) is 0 Å². The third-order valence-electron chi connectivity index (χ3n) is 6.41. The molecule has 1 aromatic rings. The number of fused-ring (bicyclic) bond motifs is 1. The number of aliphatic hydroxyl groups is 1. The normalized spacial score (nSPS) is 27.7. The number of hydrogen-bond acceptors (Lipinski definition) is 5. The minimum absolute atomic E-state index is 0.0223. The van der Waals surface area contributed by atoms with Crippen molar-refractivity contribution in [3.05, 3.63) is 34.9 Å². The van der Waals surface area contributed by atoms with Gasteiger partial charge in [0.2, 0.25) is 0 Å². The van der Waals surface area contributed by atoms with Crippen molar-refractivity contribution in [3.8, 4) is 0 Å². The van der Waals surface area contributed by atoms with Crippen LogP contribution in [0.1, 0.15) is 17.3 Å². The molecule has 3 fully saturated rings. The van der Waals surface area contributed by atoms with Gasteiger partial charge in [-0.05, 0) is 31.2 Å². The number of morpholine rings is 1. The molecule has 0 aromatic heterocycles. The van der Waals surface area contributed by atoms with Crippen LogP contribution in [0.2, 0.25) is 5.02 Å². The molecule has 3 saturated heterocycles. The van der Waals surface area contributed by atoms with Gasteiger partial charge in [-0.1, -0.05) is 11.6 Å². The lowest BCUT2D eigenvalue weighted by molar-refractivity contribution is -0.0794. The van der Waals surface area contributed by atoms with Gasteiger partial charge in [-0.15, -0.1) is 0 Å². The Labute approximate surface area is 181 Å². The van der Waals surface area contributed by atoms with E-state index in [0.29, 0.717) is 69.6 Å². The Morgan fingerprint density at radius 2 is 1.73 bits per heavy atom. The van der Waals surface area contributed by atoms with Crippen LogP contribution in [-0.2, 0) is 4.74 Å². The van der Waals surface area contributed by atoms with Crippen molar-refractivity contribution in [1.82, 2.24) is 19.6 Å². The molecule has 0 spiro atoms. The summed E-state index contributed by atoms with van der Waals surface area (Å²) in [7, 11) is 0. The fourth-order valence-electron chi connectivity index (χ4n) is 4.74. The van der Waals surface area contributed by atoms with Crippen LogP contribution in [0.4, 0.5) is 4.79 Å². The third kappa shape index (κ3) is 4.14. The van der Waals surface area contributed by atoms with Gasteiger partial charge >= 0.3 is 6.03 Å².